The van der Waals surface area contributed by atoms with E-state index in [0.717, 1.165) is 16.7 Å². The number of rotatable bonds is 4. The van der Waals surface area contributed by atoms with Crippen LogP contribution in [0.4, 0.5) is 0 Å². The monoisotopic (exact) mass is 457 g/mol. The molecule has 4 aromatic carbocycles. The highest BCUT2D eigenvalue weighted by Gasteiger charge is 2.52. The van der Waals surface area contributed by atoms with E-state index in [1.54, 1.807) is 0 Å². The number of carbonyl (C=O) groups is 2. The van der Waals surface area contributed by atoms with Gasteiger partial charge < -0.3 is 0 Å². The number of fused-ring (bicyclic) bond motifs is 1. The molecule has 4 aromatic rings. The lowest BCUT2D eigenvalue weighted by molar-refractivity contribution is 0.0531. The zero-order valence-electron chi connectivity index (χ0n) is 16.8. The van der Waals surface area contributed by atoms with Gasteiger partial charge in [0.05, 0.1) is 21.2 Å². The lowest BCUT2D eigenvalue weighted by atomic mass is 9.75. The number of benzene rings is 4. The van der Waals surface area contributed by atoms with Crippen molar-refractivity contribution in [3.8, 4) is 0 Å². The number of halogens is 2. The summed E-state index contributed by atoms with van der Waals surface area (Å²) in [6.45, 7) is 0. The average Bonchev–Trinajstić information content (AvgIpc) is 3.07. The van der Waals surface area contributed by atoms with Crippen LogP contribution in [0.5, 0.6) is 0 Å². The molecule has 0 atom stereocenters. The number of amides is 2. The first kappa shape index (κ1) is 20.5. The van der Waals surface area contributed by atoms with Crippen LogP contribution in [0.2, 0.25) is 10.0 Å². The molecule has 1 heterocycles. The Balaban J connectivity index is 1.88. The van der Waals surface area contributed by atoms with E-state index in [0.29, 0.717) is 0 Å². The number of nitrogens with zero attached hydrogens (tertiary/aromatic N) is 1. The van der Waals surface area contributed by atoms with Gasteiger partial charge in [0.1, 0.15) is 5.54 Å². The van der Waals surface area contributed by atoms with Crippen molar-refractivity contribution < 1.29 is 9.59 Å². The fraction of sp³-hybridized carbons (Fsp3) is 0.0370. The van der Waals surface area contributed by atoms with Gasteiger partial charge in [-0.05, 0) is 28.8 Å². The lowest BCUT2D eigenvalue weighted by Crippen LogP contribution is -2.51. The summed E-state index contributed by atoms with van der Waals surface area (Å²) in [5.41, 5.74) is 1.70. The van der Waals surface area contributed by atoms with E-state index in [1.807, 2.05) is 91.0 Å². The predicted octanol–water partition coefficient (Wildman–Crippen LogP) is 6.58. The van der Waals surface area contributed by atoms with Gasteiger partial charge >= 0.3 is 0 Å². The minimum Gasteiger partial charge on any atom is -0.269 e. The van der Waals surface area contributed by atoms with Crippen LogP contribution in [0, 0.1) is 0 Å². The van der Waals surface area contributed by atoms with Crippen LogP contribution in [-0.2, 0) is 5.54 Å². The van der Waals surface area contributed by atoms with Crippen molar-refractivity contribution in [2.75, 3.05) is 0 Å². The van der Waals surface area contributed by atoms with Crippen LogP contribution in [0.25, 0.3) is 0 Å². The molecule has 1 aliphatic rings. The van der Waals surface area contributed by atoms with Crippen LogP contribution >= 0.6 is 23.2 Å². The van der Waals surface area contributed by atoms with Crippen molar-refractivity contribution >= 4 is 35.0 Å². The van der Waals surface area contributed by atoms with Gasteiger partial charge in [-0.3, -0.25) is 14.5 Å². The van der Waals surface area contributed by atoms with Gasteiger partial charge in [0.2, 0.25) is 0 Å². The van der Waals surface area contributed by atoms with Gasteiger partial charge in [0.25, 0.3) is 11.8 Å². The number of imide groups is 1. The molecule has 0 spiro atoms. The maximum atomic E-state index is 13.8. The van der Waals surface area contributed by atoms with Crippen LogP contribution in [-0.4, -0.2) is 16.7 Å². The summed E-state index contributed by atoms with van der Waals surface area (Å²) in [5, 5.41) is 0.469. The molecule has 0 aromatic heterocycles. The van der Waals surface area contributed by atoms with Gasteiger partial charge in [0, 0.05) is 0 Å². The summed E-state index contributed by atoms with van der Waals surface area (Å²) in [5.74, 6) is -0.833. The Hall–Kier alpha value is -3.40. The van der Waals surface area contributed by atoms with Gasteiger partial charge in [-0.15, -0.1) is 0 Å². The van der Waals surface area contributed by atoms with E-state index in [-0.39, 0.29) is 21.2 Å². The van der Waals surface area contributed by atoms with E-state index in [9.17, 15) is 9.59 Å². The number of hydrogen-bond acceptors (Lipinski definition) is 2. The third kappa shape index (κ3) is 2.97. The smallest absolute Gasteiger partial charge is 0.262 e. The molecule has 0 saturated carbocycles. The fourth-order valence-electron chi connectivity index (χ4n) is 4.46. The first-order valence-corrected chi connectivity index (χ1v) is 10.8. The average molecular weight is 458 g/mol. The van der Waals surface area contributed by atoms with E-state index in [1.165, 1.54) is 17.0 Å². The Morgan fingerprint density at radius 3 is 1.16 bits per heavy atom. The van der Waals surface area contributed by atoms with Gasteiger partial charge in [-0.25, -0.2) is 0 Å². The molecular weight excluding hydrogens is 441 g/mol. The van der Waals surface area contributed by atoms with Gasteiger partial charge in [-0.1, -0.05) is 114 Å². The minimum atomic E-state index is -1.18. The summed E-state index contributed by atoms with van der Waals surface area (Å²) in [6.07, 6.45) is 0. The zero-order valence-corrected chi connectivity index (χ0v) is 18.3. The summed E-state index contributed by atoms with van der Waals surface area (Å²) in [7, 11) is 0. The molecule has 5 rings (SSSR count). The van der Waals surface area contributed by atoms with Crippen LogP contribution < -0.4 is 0 Å². The standard InChI is InChI=1S/C27H17Cl2NO2/c28-23-16-21-22(17-24(23)29)26(32)30(25(21)31)27(18-10-4-1-5-11-18,19-12-6-2-7-13-19)20-14-8-3-9-15-20/h1-17H. The molecule has 2 amide bonds. The second-order valence-corrected chi connectivity index (χ2v) is 8.38. The second kappa shape index (κ2) is 7.94. The normalized spacial score (nSPS) is 13.4. The minimum absolute atomic E-state index is 0.234. The zero-order chi connectivity index (χ0) is 22.3. The third-order valence-corrected chi connectivity index (χ3v) is 6.56. The number of hydrogen-bond donors (Lipinski definition) is 0. The molecule has 1 aliphatic heterocycles. The van der Waals surface area contributed by atoms with Crippen molar-refractivity contribution in [3.05, 3.63) is 141 Å². The molecule has 0 unspecified atom stereocenters. The van der Waals surface area contributed by atoms with Crippen LogP contribution in [0.3, 0.4) is 0 Å². The topological polar surface area (TPSA) is 37.4 Å². The Bertz CT molecular complexity index is 1180. The number of carbonyl (C=O) groups excluding carboxylic acids is 2. The summed E-state index contributed by atoms with van der Waals surface area (Å²) < 4.78 is 0. The lowest BCUT2D eigenvalue weighted by Gasteiger charge is -2.42. The highest BCUT2D eigenvalue weighted by Crippen LogP contribution is 2.46. The molecule has 0 radical (unpaired) electrons. The van der Waals surface area contributed by atoms with Gasteiger partial charge in [-0.2, -0.15) is 0 Å². The Morgan fingerprint density at radius 1 is 0.531 bits per heavy atom. The Kier molecular flexibility index (Phi) is 5.09. The van der Waals surface area contributed by atoms with Crippen molar-refractivity contribution in [1.29, 1.82) is 0 Å². The molecule has 0 N–H and O–H groups in total. The van der Waals surface area contributed by atoms with Crippen LogP contribution in [0.1, 0.15) is 37.4 Å². The van der Waals surface area contributed by atoms with Crippen molar-refractivity contribution in [2.24, 2.45) is 0 Å². The quantitative estimate of drug-likeness (QED) is 0.256. The Morgan fingerprint density at radius 2 is 0.844 bits per heavy atom. The molecule has 156 valence electrons. The molecule has 3 nitrogen and oxygen atoms in total. The van der Waals surface area contributed by atoms with Crippen LogP contribution in [0.15, 0.2) is 103 Å². The molecular formula is C27H17Cl2NO2. The Labute approximate surface area is 195 Å². The summed E-state index contributed by atoms with van der Waals surface area (Å²) >= 11 is 12.4. The maximum Gasteiger partial charge on any atom is 0.262 e. The SMILES string of the molecule is O=C1c2cc(Cl)c(Cl)cc2C(=O)N1C(c1ccccc1)(c1ccccc1)c1ccccc1. The van der Waals surface area contributed by atoms with Crippen molar-refractivity contribution in [3.63, 3.8) is 0 Å². The largest absolute Gasteiger partial charge is 0.269 e. The first-order valence-electron chi connectivity index (χ1n) is 10.1. The molecule has 0 aliphatic carbocycles. The maximum absolute atomic E-state index is 13.8. The fourth-order valence-corrected chi connectivity index (χ4v) is 4.79. The third-order valence-electron chi connectivity index (χ3n) is 5.84. The first-order chi connectivity index (χ1) is 15.5. The second-order valence-electron chi connectivity index (χ2n) is 7.57. The highest BCUT2D eigenvalue weighted by molar-refractivity contribution is 6.43. The van der Waals surface area contributed by atoms with E-state index < -0.39 is 17.4 Å². The van der Waals surface area contributed by atoms with Crippen molar-refractivity contribution in [2.45, 2.75) is 5.54 Å². The molecule has 0 saturated heterocycles. The molecule has 5 heteroatoms. The van der Waals surface area contributed by atoms with E-state index >= 15 is 0 Å². The predicted molar refractivity (Wildman–Crippen MR) is 126 cm³/mol. The molecule has 32 heavy (non-hydrogen) atoms. The van der Waals surface area contributed by atoms with Gasteiger partial charge in [0.15, 0.2) is 0 Å². The highest BCUT2D eigenvalue weighted by atomic mass is 35.5. The van der Waals surface area contributed by atoms with Crippen molar-refractivity contribution in [1.82, 2.24) is 4.90 Å². The molecule has 0 bridgehead atoms. The van der Waals surface area contributed by atoms with E-state index in [4.69, 9.17) is 23.2 Å². The van der Waals surface area contributed by atoms with E-state index in [2.05, 4.69) is 0 Å². The molecule has 0 fully saturated rings. The summed E-state index contributed by atoms with van der Waals surface area (Å²) in [4.78, 5) is 29.0. The summed E-state index contributed by atoms with van der Waals surface area (Å²) in [6, 6.07) is 31.7.